The van der Waals surface area contributed by atoms with E-state index in [0.717, 1.165) is 12.1 Å². The molecule has 194 valence electrons. The van der Waals surface area contributed by atoms with Crippen molar-refractivity contribution >= 4 is 51.2 Å². The van der Waals surface area contributed by atoms with Crippen LogP contribution in [-0.2, 0) is 16.0 Å². The molecule has 3 aromatic rings. The van der Waals surface area contributed by atoms with Gasteiger partial charge >= 0.3 is 0 Å². The summed E-state index contributed by atoms with van der Waals surface area (Å²) in [4.78, 5) is 11.6. The van der Waals surface area contributed by atoms with Gasteiger partial charge in [0.2, 0.25) is 0 Å². The molecule has 2 fully saturated rings. The van der Waals surface area contributed by atoms with E-state index in [-0.39, 0.29) is 60.2 Å². The standard InChI is InChI=1S/C22H22ClF2IN4O6/c1-9(31)6-33-10-2-13(24)11(14(25)3-10)5-27-19-12(23)4-15-20(29-19)30-21(28-15)36-17-8-34-18-16(32)7-35-22(17,18)26/h2-4,9,16-18,31-32H,5-8H2,1H3,(H2,27,28,29,30)/t9?,16-,17-,18-,22-/m1/s1. The number of nitrogens with one attached hydrogen (secondary N) is 2. The van der Waals surface area contributed by atoms with E-state index in [9.17, 15) is 19.0 Å². The molecular weight excluding hydrogens is 617 g/mol. The van der Waals surface area contributed by atoms with Crippen molar-refractivity contribution < 1.29 is 37.9 Å². The molecule has 4 heterocycles. The fourth-order valence-electron chi connectivity index (χ4n) is 4.00. The lowest BCUT2D eigenvalue weighted by Crippen LogP contribution is -2.44. The third kappa shape index (κ3) is 4.91. The number of H-pyrrole nitrogens is 1. The number of hydrogen-bond acceptors (Lipinski definition) is 9. The van der Waals surface area contributed by atoms with E-state index in [2.05, 4.69) is 42.9 Å². The van der Waals surface area contributed by atoms with E-state index >= 15 is 0 Å². The predicted molar refractivity (Wildman–Crippen MR) is 133 cm³/mol. The second kappa shape index (κ2) is 10.0. The van der Waals surface area contributed by atoms with Crippen molar-refractivity contribution in [2.24, 2.45) is 0 Å². The minimum Gasteiger partial charge on any atom is -0.491 e. The number of benzene rings is 1. The van der Waals surface area contributed by atoms with E-state index in [1.165, 1.54) is 6.92 Å². The number of halogens is 4. The van der Waals surface area contributed by atoms with Gasteiger partial charge in [-0.25, -0.2) is 13.8 Å². The SMILES string of the molecule is CC(O)COc1cc(F)c(CNc2nc3nc(O[C@@H]4CO[C@@H]5[C@H](O)CO[C@@]54I)[nH]c3cc2Cl)c(F)c1. The summed E-state index contributed by atoms with van der Waals surface area (Å²) in [6, 6.07) is 3.81. The Kier molecular flexibility index (Phi) is 7.13. The summed E-state index contributed by atoms with van der Waals surface area (Å²) in [5, 5.41) is 22.3. The number of aromatic nitrogens is 3. The third-order valence-electron chi connectivity index (χ3n) is 5.78. The van der Waals surface area contributed by atoms with Gasteiger partial charge < -0.3 is 39.5 Å². The molecule has 2 aliphatic rings. The number of imidazole rings is 1. The number of alkyl halides is 1. The number of fused-ring (bicyclic) bond motifs is 2. The highest BCUT2D eigenvalue weighted by Crippen LogP contribution is 2.44. The molecule has 10 nitrogen and oxygen atoms in total. The Morgan fingerprint density at radius 2 is 2.06 bits per heavy atom. The Hall–Kier alpha value is -2.04. The Balaban J connectivity index is 1.29. The average Bonchev–Trinajstić information content (AvgIpc) is 3.44. The van der Waals surface area contributed by atoms with E-state index in [4.69, 9.17) is 30.5 Å². The predicted octanol–water partition coefficient (Wildman–Crippen LogP) is 2.93. The number of nitrogens with zero attached hydrogens (tertiary/aromatic N) is 2. The van der Waals surface area contributed by atoms with Crippen LogP contribution in [0.2, 0.25) is 5.02 Å². The van der Waals surface area contributed by atoms with Crippen molar-refractivity contribution in [2.45, 2.75) is 41.5 Å². The van der Waals surface area contributed by atoms with E-state index in [1.807, 2.05) is 0 Å². The maximum Gasteiger partial charge on any atom is 0.296 e. The van der Waals surface area contributed by atoms with E-state index in [0.29, 0.717) is 5.52 Å². The highest BCUT2D eigenvalue weighted by atomic mass is 127. The highest BCUT2D eigenvalue weighted by Gasteiger charge is 2.60. The van der Waals surface area contributed by atoms with Gasteiger partial charge in [-0.3, -0.25) is 0 Å². The molecule has 0 spiro atoms. The van der Waals surface area contributed by atoms with Crippen LogP contribution in [0.4, 0.5) is 14.6 Å². The Morgan fingerprint density at radius 3 is 2.78 bits per heavy atom. The molecule has 5 atom stereocenters. The monoisotopic (exact) mass is 638 g/mol. The van der Waals surface area contributed by atoms with Crippen LogP contribution >= 0.6 is 34.2 Å². The van der Waals surface area contributed by atoms with Crippen LogP contribution in [0.3, 0.4) is 0 Å². The molecule has 0 saturated carbocycles. The van der Waals surface area contributed by atoms with Crippen LogP contribution in [0, 0.1) is 11.6 Å². The van der Waals surface area contributed by atoms with Crippen LogP contribution in [0.15, 0.2) is 18.2 Å². The molecule has 1 unspecified atom stereocenters. The number of aliphatic hydroxyl groups excluding tert-OH is 2. The molecule has 0 radical (unpaired) electrons. The highest BCUT2D eigenvalue weighted by molar-refractivity contribution is 14.1. The van der Waals surface area contributed by atoms with Gasteiger partial charge in [-0.05, 0) is 35.6 Å². The normalized spacial score (nSPS) is 26.2. The molecule has 36 heavy (non-hydrogen) atoms. The quantitative estimate of drug-likeness (QED) is 0.217. The molecule has 2 saturated heterocycles. The Bertz CT molecular complexity index is 1260. The Morgan fingerprint density at radius 1 is 1.31 bits per heavy atom. The first-order chi connectivity index (χ1) is 17.1. The number of anilines is 1. The van der Waals surface area contributed by atoms with Crippen molar-refractivity contribution in [3.63, 3.8) is 0 Å². The lowest BCUT2D eigenvalue weighted by atomic mass is 10.1. The van der Waals surface area contributed by atoms with Gasteiger partial charge in [0, 0.05) is 24.2 Å². The molecule has 2 aliphatic heterocycles. The largest absolute Gasteiger partial charge is 0.491 e. The summed E-state index contributed by atoms with van der Waals surface area (Å²) in [7, 11) is 0. The first-order valence-corrected chi connectivity index (χ1v) is 12.5. The third-order valence-corrected chi connectivity index (χ3v) is 7.68. The average molecular weight is 639 g/mol. The zero-order valence-electron chi connectivity index (χ0n) is 18.8. The lowest BCUT2D eigenvalue weighted by molar-refractivity contribution is 0.00481. The zero-order valence-corrected chi connectivity index (χ0v) is 21.7. The minimum atomic E-state index is -0.848. The van der Waals surface area contributed by atoms with Gasteiger partial charge in [-0.15, -0.1) is 0 Å². The molecule has 5 rings (SSSR count). The van der Waals surface area contributed by atoms with Gasteiger partial charge in [0.25, 0.3) is 6.01 Å². The second-order valence-electron chi connectivity index (χ2n) is 8.55. The summed E-state index contributed by atoms with van der Waals surface area (Å²) in [5.74, 6) is -1.49. The van der Waals surface area contributed by atoms with Crippen molar-refractivity contribution in [2.75, 3.05) is 25.1 Å². The summed E-state index contributed by atoms with van der Waals surface area (Å²) in [6.07, 6.45) is -2.53. The van der Waals surface area contributed by atoms with Crippen LogP contribution in [0.1, 0.15) is 12.5 Å². The summed E-state index contributed by atoms with van der Waals surface area (Å²) in [6.45, 7) is 1.54. The van der Waals surface area contributed by atoms with Crippen LogP contribution in [-0.4, -0.2) is 73.0 Å². The number of pyridine rings is 1. The molecule has 0 aliphatic carbocycles. The molecular formula is C22H22ClF2IN4O6. The van der Waals surface area contributed by atoms with Crippen molar-refractivity contribution in [3.05, 3.63) is 40.4 Å². The van der Waals surface area contributed by atoms with Crippen molar-refractivity contribution in [1.82, 2.24) is 15.0 Å². The Labute approximate surface area is 222 Å². The summed E-state index contributed by atoms with van der Waals surface area (Å²) in [5.41, 5.74) is 0.526. The molecule has 1 aromatic carbocycles. The molecule has 4 N–H and O–H groups in total. The first-order valence-electron chi connectivity index (χ1n) is 11.0. The molecule has 0 amide bonds. The summed E-state index contributed by atoms with van der Waals surface area (Å²) < 4.78 is 50.6. The molecule has 0 bridgehead atoms. The van der Waals surface area contributed by atoms with Gasteiger partial charge in [-0.2, -0.15) is 4.98 Å². The lowest BCUT2D eigenvalue weighted by Gasteiger charge is -2.25. The minimum absolute atomic E-state index is 0.0268. The maximum atomic E-state index is 14.5. The second-order valence-corrected chi connectivity index (χ2v) is 10.6. The fraction of sp³-hybridized carbons (Fsp3) is 0.455. The van der Waals surface area contributed by atoms with Crippen LogP contribution in [0.5, 0.6) is 11.8 Å². The zero-order chi connectivity index (χ0) is 25.6. The first kappa shape index (κ1) is 25.6. The van der Waals surface area contributed by atoms with Crippen molar-refractivity contribution in [3.8, 4) is 11.8 Å². The summed E-state index contributed by atoms with van der Waals surface area (Å²) >= 11 is 8.40. The van der Waals surface area contributed by atoms with Gasteiger partial charge in [0.05, 0.1) is 29.9 Å². The van der Waals surface area contributed by atoms with Gasteiger partial charge in [0.1, 0.15) is 42.0 Å². The molecule has 14 heteroatoms. The van der Waals surface area contributed by atoms with Crippen molar-refractivity contribution in [1.29, 1.82) is 0 Å². The number of ether oxygens (including phenoxy) is 4. The number of aliphatic hydroxyl groups is 2. The van der Waals surface area contributed by atoms with Gasteiger partial charge in [-0.1, -0.05) is 11.6 Å². The molecule has 2 aromatic heterocycles. The maximum absolute atomic E-state index is 14.5. The van der Waals surface area contributed by atoms with Gasteiger partial charge in [0.15, 0.2) is 15.4 Å². The number of hydrogen-bond donors (Lipinski definition) is 4. The van der Waals surface area contributed by atoms with E-state index in [1.54, 1.807) is 6.07 Å². The smallest absolute Gasteiger partial charge is 0.296 e. The fourth-order valence-corrected chi connectivity index (χ4v) is 5.30. The number of aromatic amines is 1. The van der Waals surface area contributed by atoms with Crippen LogP contribution < -0.4 is 14.8 Å². The van der Waals surface area contributed by atoms with Crippen LogP contribution in [0.25, 0.3) is 11.2 Å². The topological polar surface area (TPSA) is 131 Å². The van der Waals surface area contributed by atoms with E-state index < -0.39 is 39.7 Å². The number of rotatable bonds is 8.